The molecule has 0 amide bonds. The van der Waals surface area contributed by atoms with E-state index in [0.29, 0.717) is 19.7 Å². The Kier molecular flexibility index (Phi) is 7.48. The molecule has 2 unspecified atom stereocenters. The van der Waals surface area contributed by atoms with Crippen LogP contribution in [-0.2, 0) is 9.53 Å². The number of aliphatic imine (C=N–C) groups is 1. The van der Waals surface area contributed by atoms with Crippen molar-refractivity contribution in [2.24, 2.45) is 10.9 Å². The van der Waals surface area contributed by atoms with E-state index in [1.807, 2.05) is 20.8 Å². The van der Waals surface area contributed by atoms with Crippen molar-refractivity contribution in [3.8, 4) is 0 Å². The largest absolute Gasteiger partial charge is 0.466 e. The summed E-state index contributed by atoms with van der Waals surface area (Å²) in [5, 5.41) is 7.39. The fourth-order valence-electron chi connectivity index (χ4n) is 3.56. The number of piperidine rings is 1. The van der Waals surface area contributed by atoms with Gasteiger partial charge in [0.1, 0.15) is 5.76 Å². The third-order valence-electron chi connectivity index (χ3n) is 4.77. The first-order valence-corrected chi connectivity index (χ1v) is 9.60. The fraction of sp³-hybridized carbons (Fsp3) is 0.737. The minimum Gasteiger partial charge on any atom is -0.466 e. The predicted octanol–water partition coefficient (Wildman–Crippen LogP) is 2.64. The third kappa shape index (κ3) is 4.99. The molecule has 1 aliphatic rings. The second-order valence-electron chi connectivity index (χ2n) is 6.87. The SMILES string of the molecule is CCNC(=NCC(C)c1c(C)noc1C)N1CCCC(C(=O)OCC)C1. The lowest BCUT2D eigenvalue weighted by Gasteiger charge is -2.34. The maximum absolute atomic E-state index is 12.1. The average molecular weight is 364 g/mol. The summed E-state index contributed by atoms with van der Waals surface area (Å²) in [6.07, 6.45) is 1.84. The summed E-state index contributed by atoms with van der Waals surface area (Å²) >= 11 is 0. The van der Waals surface area contributed by atoms with Crippen molar-refractivity contribution < 1.29 is 14.1 Å². The van der Waals surface area contributed by atoms with Crippen LogP contribution in [0.4, 0.5) is 0 Å². The van der Waals surface area contributed by atoms with Gasteiger partial charge >= 0.3 is 5.97 Å². The smallest absolute Gasteiger partial charge is 0.310 e. The third-order valence-corrected chi connectivity index (χ3v) is 4.77. The first-order valence-electron chi connectivity index (χ1n) is 9.60. The molecule has 1 fully saturated rings. The van der Waals surface area contributed by atoms with E-state index in [-0.39, 0.29) is 17.8 Å². The van der Waals surface area contributed by atoms with Crippen LogP contribution < -0.4 is 5.32 Å². The van der Waals surface area contributed by atoms with Gasteiger partial charge in [0.05, 0.1) is 18.2 Å². The number of carbonyl (C=O) groups is 1. The summed E-state index contributed by atoms with van der Waals surface area (Å²) in [6, 6.07) is 0. The number of likely N-dealkylation sites (tertiary alicyclic amines) is 1. The van der Waals surface area contributed by atoms with Gasteiger partial charge in [-0.15, -0.1) is 0 Å². The van der Waals surface area contributed by atoms with E-state index in [1.54, 1.807) is 0 Å². The Balaban J connectivity index is 2.07. The molecule has 0 aliphatic carbocycles. The number of hydrogen-bond donors (Lipinski definition) is 1. The maximum atomic E-state index is 12.1. The number of hydrogen-bond acceptors (Lipinski definition) is 5. The molecule has 146 valence electrons. The molecule has 1 aromatic rings. The van der Waals surface area contributed by atoms with Gasteiger partial charge in [0.2, 0.25) is 0 Å². The lowest BCUT2D eigenvalue weighted by atomic mass is 9.98. The molecule has 0 spiro atoms. The second-order valence-corrected chi connectivity index (χ2v) is 6.87. The summed E-state index contributed by atoms with van der Waals surface area (Å²) in [4.78, 5) is 19.1. The Morgan fingerprint density at radius 1 is 1.46 bits per heavy atom. The Bertz CT molecular complexity index is 607. The summed E-state index contributed by atoms with van der Waals surface area (Å²) in [5.41, 5.74) is 2.06. The van der Waals surface area contributed by atoms with Crippen LogP contribution in [0, 0.1) is 19.8 Å². The Morgan fingerprint density at radius 2 is 2.23 bits per heavy atom. The van der Waals surface area contributed by atoms with Gasteiger partial charge < -0.3 is 19.5 Å². The van der Waals surface area contributed by atoms with Gasteiger partial charge in [-0.05, 0) is 40.5 Å². The molecule has 2 rings (SSSR count). The summed E-state index contributed by atoms with van der Waals surface area (Å²) in [5.74, 6) is 1.76. The minimum absolute atomic E-state index is 0.0763. The van der Waals surface area contributed by atoms with E-state index in [1.165, 1.54) is 0 Å². The highest BCUT2D eigenvalue weighted by atomic mass is 16.5. The molecule has 1 N–H and O–H groups in total. The first kappa shape index (κ1) is 20.3. The molecule has 1 saturated heterocycles. The Hall–Kier alpha value is -2.05. The number of ether oxygens (including phenoxy) is 1. The lowest BCUT2D eigenvalue weighted by Crippen LogP contribution is -2.48. The average Bonchev–Trinajstić information content (AvgIpc) is 2.97. The maximum Gasteiger partial charge on any atom is 0.310 e. The highest BCUT2D eigenvalue weighted by Gasteiger charge is 2.28. The molecule has 7 nitrogen and oxygen atoms in total. The number of nitrogens with one attached hydrogen (secondary N) is 1. The topological polar surface area (TPSA) is 80.0 Å². The molecule has 1 aliphatic heterocycles. The van der Waals surface area contributed by atoms with Gasteiger partial charge in [0.15, 0.2) is 5.96 Å². The van der Waals surface area contributed by atoms with Crippen molar-refractivity contribution >= 4 is 11.9 Å². The van der Waals surface area contributed by atoms with Gasteiger partial charge in [0.25, 0.3) is 0 Å². The van der Waals surface area contributed by atoms with Gasteiger partial charge in [-0.25, -0.2) is 0 Å². The first-order chi connectivity index (χ1) is 12.5. The summed E-state index contributed by atoms with van der Waals surface area (Å²) in [6.45, 7) is 13.4. The number of nitrogens with zero attached hydrogens (tertiary/aromatic N) is 3. The van der Waals surface area contributed by atoms with Crippen molar-refractivity contribution in [1.29, 1.82) is 0 Å². The summed E-state index contributed by atoms with van der Waals surface area (Å²) in [7, 11) is 0. The second kappa shape index (κ2) is 9.59. The predicted molar refractivity (Wildman–Crippen MR) is 101 cm³/mol. The molecule has 7 heteroatoms. The normalized spacial score (nSPS) is 19.3. The van der Waals surface area contributed by atoms with E-state index in [2.05, 4.69) is 29.2 Å². The van der Waals surface area contributed by atoms with Crippen LogP contribution in [0.25, 0.3) is 0 Å². The zero-order valence-corrected chi connectivity index (χ0v) is 16.7. The quantitative estimate of drug-likeness (QED) is 0.475. The van der Waals surface area contributed by atoms with E-state index < -0.39 is 0 Å². The van der Waals surface area contributed by atoms with Crippen molar-refractivity contribution in [3.05, 3.63) is 17.0 Å². The molecule has 0 radical (unpaired) electrons. The lowest BCUT2D eigenvalue weighted by molar-refractivity contribution is -0.149. The van der Waals surface area contributed by atoms with Gasteiger partial charge in [-0.2, -0.15) is 0 Å². The standard InChI is InChI=1S/C19H32N4O3/c1-6-20-19(21-11-13(3)17-14(4)22-26-15(17)5)23-10-8-9-16(12-23)18(24)25-7-2/h13,16H,6-12H2,1-5H3,(H,20,21). The molecular formula is C19H32N4O3. The Morgan fingerprint density at radius 3 is 2.85 bits per heavy atom. The molecule has 1 aromatic heterocycles. The fourth-order valence-corrected chi connectivity index (χ4v) is 3.56. The Labute approximate surface area is 156 Å². The molecular weight excluding hydrogens is 332 g/mol. The molecule has 2 atom stereocenters. The van der Waals surface area contributed by atoms with Gasteiger partial charge in [0, 0.05) is 37.7 Å². The van der Waals surface area contributed by atoms with E-state index in [4.69, 9.17) is 14.3 Å². The van der Waals surface area contributed by atoms with Crippen LogP contribution in [0.1, 0.15) is 56.5 Å². The highest BCUT2D eigenvalue weighted by Crippen LogP contribution is 2.24. The van der Waals surface area contributed by atoms with Crippen molar-refractivity contribution in [2.45, 2.75) is 53.4 Å². The van der Waals surface area contributed by atoms with Crippen LogP contribution in [0.2, 0.25) is 0 Å². The molecule has 0 bridgehead atoms. The molecule has 2 heterocycles. The van der Waals surface area contributed by atoms with Crippen molar-refractivity contribution in [3.63, 3.8) is 0 Å². The number of esters is 1. The minimum atomic E-state index is -0.0999. The monoisotopic (exact) mass is 364 g/mol. The van der Waals surface area contributed by atoms with Crippen LogP contribution in [0.3, 0.4) is 0 Å². The van der Waals surface area contributed by atoms with Crippen LogP contribution in [0.5, 0.6) is 0 Å². The molecule has 0 saturated carbocycles. The summed E-state index contributed by atoms with van der Waals surface area (Å²) < 4.78 is 10.5. The van der Waals surface area contributed by atoms with E-state index in [9.17, 15) is 4.79 Å². The number of guanidine groups is 1. The van der Waals surface area contributed by atoms with Crippen LogP contribution >= 0.6 is 0 Å². The van der Waals surface area contributed by atoms with Gasteiger partial charge in [-0.3, -0.25) is 9.79 Å². The zero-order chi connectivity index (χ0) is 19.1. The molecule has 0 aromatic carbocycles. The van der Waals surface area contributed by atoms with E-state index >= 15 is 0 Å². The van der Waals surface area contributed by atoms with Crippen LogP contribution in [0.15, 0.2) is 9.52 Å². The number of rotatable bonds is 6. The number of aromatic nitrogens is 1. The van der Waals surface area contributed by atoms with Crippen molar-refractivity contribution in [1.82, 2.24) is 15.4 Å². The number of carbonyl (C=O) groups excluding carboxylic acids is 1. The van der Waals surface area contributed by atoms with Crippen molar-refractivity contribution in [2.75, 3.05) is 32.8 Å². The zero-order valence-electron chi connectivity index (χ0n) is 16.7. The van der Waals surface area contributed by atoms with Crippen LogP contribution in [-0.4, -0.2) is 54.8 Å². The van der Waals surface area contributed by atoms with Gasteiger partial charge in [-0.1, -0.05) is 12.1 Å². The number of aryl methyl sites for hydroxylation is 2. The van der Waals surface area contributed by atoms with E-state index in [0.717, 1.165) is 48.9 Å². The molecule has 26 heavy (non-hydrogen) atoms. The highest BCUT2D eigenvalue weighted by molar-refractivity contribution is 5.81.